The van der Waals surface area contributed by atoms with Crippen molar-refractivity contribution in [2.24, 2.45) is 0 Å². The summed E-state index contributed by atoms with van der Waals surface area (Å²) in [5.41, 5.74) is 11.2. The van der Waals surface area contributed by atoms with Gasteiger partial charge in [-0.05, 0) is 142 Å². The minimum Gasteiger partial charge on any atom is -0.184 e. The second-order valence-electron chi connectivity index (χ2n) is 24.8. The molecule has 15 rings (SSSR count). The Morgan fingerprint density at radius 1 is 0.229 bits per heavy atom. The van der Waals surface area contributed by atoms with Gasteiger partial charge in [0.2, 0.25) is 0 Å². The molecule has 17 heteroatoms. The molecule has 0 unspecified atom stereocenters. The topological polar surface area (TPSA) is 36.9 Å². The zero-order valence-electron chi connectivity index (χ0n) is 62.3. The van der Waals surface area contributed by atoms with Gasteiger partial charge in [0, 0.05) is 33.8 Å². The molecule has 0 bridgehead atoms. The molecule has 4 nitrogen and oxygen atoms in total. The van der Waals surface area contributed by atoms with Gasteiger partial charge < -0.3 is 18.6 Å². The molecule has 0 radical (unpaired) electrons. The zero-order chi connectivity index (χ0) is 78.2. The van der Waals surface area contributed by atoms with Crippen molar-refractivity contribution in [3.05, 3.63) is 405 Å². The summed E-state index contributed by atoms with van der Waals surface area (Å²) in [5, 5.41) is 0. The van der Waals surface area contributed by atoms with E-state index in [9.17, 15) is 0 Å². The summed E-state index contributed by atoms with van der Waals surface area (Å²) in [5.74, 6) is 0. The number of hydrogen-bond donors (Lipinski definition) is 0. The molecule has 13 aromatic carbocycles. The largest absolute Gasteiger partial charge is 2.00 e. The predicted molar refractivity (Wildman–Crippen MR) is 474 cm³/mol. The van der Waals surface area contributed by atoms with Crippen LogP contribution >= 0.6 is 107 Å². The third-order valence-corrected chi connectivity index (χ3v) is 18.9. The predicted octanol–water partition coefficient (Wildman–Crippen LogP) is 28.2. The second kappa shape index (κ2) is 57.8. The van der Waals surface area contributed by atoms with E-state index in [0.29, 0.717) is 0 Å². The average Bonchev–Trinajstić information content (AvgIpc) is 1.64. The van der Waals surface area contributed by atoms with Gasteiger partial charge in [0.15, 0.2) is 0 Å². The Morgan fingerprint density at radius 3 is 0.596 bits per heavy atom. The van der Waals surface area contributed by atoms with E-state index in [-0.39, 0.29) is 77.5 Å². The van der Waals surface area contributed by atoms with Gasteiger partial charge in [-0.1, -0.05) is 321 Å². The maximum absolute atomic E-state index is 5.93. The maximum atomic E-state index is 5.93. The van der Waals surface area contributed by atoms with Crippen LogP contribution in [0.1, 0.15) is 69.2 Å². The van der Waals surface area contributed by atoms with Crippen molar-refractivity contribution in [2.45, 2.75) is 91.6 Å². The second-order valence-corrected chi connectivity index (χ2v) is 29.4. The molecule has 0 atom stereocenters. The summed E-state index contributed by atoms with van der Waals surface area (Å²) in [6, 6.07) is 131. The van der Waals surface area contributed by atoms with E-state index in [1.165, 1.54) is 44.5 Å². The Bertz CT molecular complexity index is 4040. The molecule has 576 valence electrons. The fourth-order valence-electron chi connectivity index (χ4n) is 9.28. The van der Waals surface area contributed by atoms with Gasteiger partial charge in [-0.15, -0.1) is 5.56 Å². The van der Waals surface area contributed by atoms with Crippen LogP contribution in [0.15, 0.2) is 380 Å². The van der Waals surface area contributed by atoms with Crippen molar-refractivity contribution >= 4 is 132 Å². The fourth-order valence-corrected chi connectivity index (χ4v) is 10.6. The monoisotopic (exact) mass is 2260 g/mol. The van der Waals surface area contributed by atoms with Gasteiger partial charge >= 0.3 is 95.9 Å². The Hall–Kier alpha value is -4.16. The first kappa shape index (κ1) is 101. The number of rotatable bonds is 6. The summed E-state index contributed by atoms with van der Waals surface area (Å²) in [7, 11) is -0.479. The Morgan fingerprint density at radius 2 is 0.394 bits per heavy atom. The van der Waals surface area contributed by atoms with Crippen molar-refractivity contribution in [3.63, 3.8) is 0 Å². The van der Waals surface area contributed by atoms with Gasteiger partial charge in [-0.3, -0.25) is 0 Å². The number of benzene rings is 13. The van der Waals surface area contributed by atoms with Crippen LogP contribution in [0, 0.1) is 24.3 Å². The third kappa shape index (κ3) is 39.2. The molecule has 0 spiro atoms. The van der Waals surface area contributed by atoms with E-state index in [4.69, 9.17) is 18.6 Å². The standard InChI is InChI=1S/C18H14.2C12H17BO2.C12H9Br.C12H9.C6H4Br2.2C6H4Br.C6H5.C2H6.2BrH.4Pd/c1-3-7-15(8-4-1)17-11-13-18(14-12-17)16-9-5-2-6-10-16;2*1-11(2)12(3,4)15-13(14-11)10-8-6-5-7-9-10;13-12-8-6-11(7-9-12)10-4-2-1-3-5-10;1-3-7-11(8-4-1)12-9-5-2-6-10-12;7-5-1-2-6(8)4-3-5;2*7-6-4-2-1-3-5-6;1-2-4-6-5-3-1;1-2;;;;;;/h1-14H;2*5-9H,1-4H3;1-9H;1,3-10H;1-4H;2*2-5H;1-5H;1-2H3;2*1H;;;;/q;;;;-1;;3*-1;;;;;3*+2/p-2. The molecular weight excluding hydrogens is 2180 g/mol. The molecule has 0 aliphatic carbocycles. The Labute approximate surface area is 756 Å². The van der Waals surface area contributed by atoms with Gasteiger partial charge in [0.25, 0.3) is 0 Å². The van der Waals surface area contributed by atoms with Crippen molar-refractivity contribution in [3.8, 4) is 44.5 Å². The van der Waals surface area contributed by atoms with Crippen LogP contribution in [0.2, 0.25) is 0 Å². The summed E-state index contributed by atoms with van der Waals surface area (Å²) in [6.45, 7) is 20.5. The van der Waals surface area contributed by atoms with E-state index in [1.54, 1.807) is 0 Å². The summed E-state index contributed by atoms with van der Waals surface area (Å²) in [4.78, 5) is 0. The van der Waals surface area contributed by atoms with Gasteiger partial charge in [-0.2, -0.15) is 127 Å². The van der Waals surface area contributed by atoms with Crippen LogP contribution in [0.5, 0.6) is 0 Å². The fraction of sp³-hybridized carbons (Fsp3) is 0.152. The van der Waals surface area contributed by atoms with E-state index < -0.39 is 0 Å². The Kier molecular flexibility index (Phi) is 53.5. The molecule has 2 heterocycles. The van der Waals surface area contributed by atoms with Crippen LogP contribution < -0.4 is 10.9 Å². The van der Waals surface area contributed by atoms with E-state index >= 15 is 0 Å². The molecule has 2 aliphatic heterocycles. The zero-order valence-corrected chi connectivity index (χ0v) is 79.6. The Balaban J connectivity index is 0.000000419. The molecule has 0 amide bonds. The van der Waals surface area contributed by atoms with E-state index in [1.807, 2.05) is 226 Å². The molecular formula is C92H89B2Br7O4Pd4. The molecule has 0 N–H and O–H groups in total. The first-order valence-corrected chi connectivity index (χ1v) is 45.4. The molecule has 0 saturated carbocycles. The normalized spacial score (nSPS) is 12.7. The maximum Gasteiger partial charge on any atom is 2.00 e. The van der Waals surface area contributed by atoms with Crippen LogP contribution in [-0.4, -0.2) is 36.6 Å². The van der Waals surface area contributed by atoms with E-state index in [0.717, 1.165) is 33.3 Å². The van der Waals surface area contributed by atoms with Crippen molar-refractivity contribution in [2.75, 3.05) is 0 Å². The van der Waals surface area contributed by atoms with Crippen molar-refractivity contribution < 1.29 is 93.8 Å². The van der Waals surface area contributed by atoms with Crippen LogP contribution in [-0.2, 0) is 93.8 Å². The van der Waals surface area contributed by atoms with Crippen LogP contribution in [0.25, 0.3) is 44.5 Å². The minimum atomic E-state index is -0.256. The minimum absolute atomic E-state index is 0. The molecule has 13 aromatic rings. The summed E-state index contributed by atoms with van der Waals surface area (Å²) >= 11 is 27.3. The summed E-state index contributed by atoms with van der Waals surface area (Å²) < 4.78 is 29.3. The number of hydrogen-bond acceptors (Lipinski definition) is 4. The first-order chi connectivity index (χ1) is 51.7. The molecule has 2 fully saturated rings. The summed E-state index contributed by atoms with van der Waals surface area (Å²) in [6.07, 6.45) is 0. The molecule has 2 aliphatic rings. The van der Waals surface area contributed by atoms with Gasteiger partial charge in [0.1, 0.15) is 0 Å². The van der Waals surface area contributed by atoms with Gasteiger partial charge in [-0.25, -0.2) is 0 Å². The van der Waals surface area contributed by atoms with Gasteiger partial charge in [0.05, 0.1) is 22.4 Å². The number of halogens is 7. The molecule has 0 aromatic heterocycles. The first-order valence-electron chi connectivity index (χ1n) is 34.3. The quantitative estimate of drug-likeness (QED) is 0.123. The van der Waals surface area contributed by atoms with Crippen molar-refractivity contribution in [1.29, 1.82) is 0 Å². The van der Waals surface area contributed by atoms with E-state index in [2.05, 4.69) is 366 Å². The third-order valence-electron chi connectivity index (χ3n) is 16.3. The van der Waals surface area contributed by atoms with Crippen molar-refractivity contribution in [1.82, 2.24) is 0 Å². The molecule has 109 heavy (non-hydrogen) atoms. The smallest absolute Gasteiger partial charge is 0.184 e. The molecule has 2 saturated heterocycles. The van der Waals surface area contributed by atoms with Crippen LogP contribution in [0.4, 0.5) is 0 Å². The SMILES string of the molecule is Brc1cc[c-]cc1.Brc1cc[c-]cc1.Brc1ccc(-c2ccccc2)cc1.Brc1ccc(Br)cc1.CC.CC1(C)OB(c2ccccc2)OC1(C)C.CC1(C)OB(c2ccccc2)OC1(C)C.[Br][Pd+].[Br][Pd+].[Pd+2].[Pd].[c-]1ccc(-c2ccccc2)cc1.[c-]1ccccc1.c1ccc(-c2ccc(-c3ccccc3)cc2)cc1. The van der Waals surface area contributed by atoms with Crippen LogP contribution in [0.3, 0.4) is 0 Å². The average molecular weight is 2270 g/mol.